The van der Waals surface area contributed by atoms with Gasteiger partial charge in [0.15, 0.2) is 0 Å². The summed E-state index contributed by atoms with van der Waals surface area (Å²) >= 11 is 3.39. The average Bonchev–Trinajstić information content (AvgIpc) is 2.64. The molecule has 0 unspecified atom stereocenters. The molecule has 2 aromatic carbocycles. The van der Waals surface area contributed by atoms with Crippen molar-refractivity contribution in [1.82, 2.24) is 4.31 Å². The highest BCUT2D eigenvalue weighted by Gasteiger charge is 2.32. The third-order valence-electron chi connectivity index (χ3n) is 4.41. The molecule has 0 spiro atoms. The Labute approximate surface area is 160 Å². The Morgan fingerprint density at radius 1 is 1.08 bits per heavy atom. The van der Waals surface area contributed by atoms with Gasteiger partial charge in [0, 0.05) is 23.5 Å². The third kappa shape index (κ3) is 4.13. The second kappa shape index (κ2) is 7.85. The monoisotopic (exact) mass is 440 g/mol. The minimum Gasteiger partial charge on any atom is -0.325 e. The second-order valence-electron chi connectivity index (χ2n) is 6.10. The summed E-state index contributed by atoms with van der Waals surface area (Å²) in [6.45, 7) is 0.515. The lowest BCUT2D eigenvalue weighted by molar-refractivity contribution is -0.120. The van der Waals surface area contributed by atoms with E-state index in [1.807, 2.05) is 18.2 Å². The topological polar surface area (TPSA) is 66.5 Å². The molecule has 8 heteroatoms. The molecule has 1 aliphatic heterocycles. The zero-order valence-corrected chi connectivity index (χ0v) is 16.3. The van der Waals surface area contributed by atoms with Crippen LogP contribution in [0.2, 0.25) is 0 Å². The highest BCUT2D eigenvalue weighted by molar-refractivity contribution is 9.10. The van der Waals surface area contributed by atoms with Crippen molar-refractivity contribution in [2.45, 2.75) is 17.7 Å². The molecular weight excluding hydrogens is 423 g/mol. The van der Waals surface area contributed by atoms with Crippen LogP contribution in [0.3, 0.4) is 0 Å². The number of hydrogen-bond acceptors (Lipinski definition) is 3. The van der Waals surface area contributed by atoms with E-state index in [-0.39, 0.29) is 29.8 Å². The molecule has 0 aromatic heterocycles. The lowest BCUT2D eigenvalue weighted by atomic mass is 9.97. The molecule has 1 saturated heterocycles. The maximum absolute atomic E-state index is 13.0. The molecule has 0 saturated carbocycles. The molecular formula is C18H18BrFN2O3S. The predicted molar refractivity (Wildman–Crippen MR) is 101 cm³/mol. The fraction of sp³-hybridized carbons (Fsp3) is 0.278. The first-order valence-corrected chi connectivity index (χ1v) is 10.4. The van der Waals surface area contributed by atoms with E-state index in [0.29, 0.717) is 18.5 Å². The van der Waals surface area contributed by atoms with Gasteiger partial charge in [-0.2, -0.15) is 4.31 Å². The Balaban J connectivity index is 1.62. The number of carbonyl (C=O) groups is 1. The van der Waals surface area contributed by atoms with Crippen LogP contribution in [0.25, 0.3) is 0 Å². The summed E-state index contributed by atoms with van der Waals surface area (Å²) in [5.41, 5.74) is 0.693. The van der Waals surface area contributed by atoms with Crippen molar-refractivity contribution in [3.63, 3.8) is 0 Å². The van der Waals surface area contributed by atoms with Gasteiger partial charge in [-0.05, 0) is 65.2 Å². The van der Waals surface area contributed by atoms with Crippen LogP contribution >= 0.6 is 15.9 Å². The zero-order valence-electron chi connectivity index (χ0n) is 13.9. The fourth-order valence-electron chi connectivity index (χ4n) is 2.91. The first-order chi connectivity index (χ1) is 12.4. The van der Waals surface area contributed by atoms with Crippen LogP contribution in [0.1, 0.15) is 12.8 Å². The number of para-hydroxylation sites is 1. The van der Waals surface area contributed by atoms with E-state index in [9.17, 15) is 17.6 Å². The highest BCUT2D eigenvalue weighted by Crippen LogP contribution is 2.27. The van der Waals surface area contributed by atoms with E-state index in [0.717, 1.165) is 16.6 Å². The minimum atomic E-state index is -3.67. The number of benzene rings is 2. The maximum atomic E-state index is 13.0. The summed E-state index contributed by atoms with van der Waals surface area (Å²) in [5.74, 6) is -0.844. The van der Waals surface area contributed by atoms with Crippen LogP contribution in [0.5, 0.6) is 0 Å². The normalized spacial score (nSPS) is 16.4. The largest absolute Gasteiger partial charge is 0.325 e. The van der Waals surface area contributed by atoms with Crippen LogP contribution < -0.4 is 5.32 Å². The predicted octanol–water partition coefficient (Wildman–Crippen LogP) is 3.63. The van der Waals surface area contributed by atoms with Gasteiger partial charge in [-0.3, -0.25) is 4.79 Å². The van der Waals surface area contributed by atoms with Crippen molar-refractivity contribution in [2.24, 2.45) is 5.92 Å². The molecule has 0 bridgehead atoms. The van der Waals surface area contributed by atoms with Crippen LogP contribution in [-0.2, 0) is 14.8 Å². The number of carbonyl (C=O) groups excluding carboxylic acids is 1. The minimum absolute atomic E-state index is 0.0648. The lowest BCUT2D eigenvalue weighted by Gasteiger charge is -2.30. The molecule has 1 heterocycles. The highest BCUT2D eigenvalue weighted by atomic mass is 79.9. The molecule has 1 aliphatic rings. The van der Waals surface area contributed by atoms with Gasteiger partial charge >= 0.3 is 0 Å². The lowest BCUT2D eigenvalue weighted by Crippen LogP contribution is -2.41. The third-order valence-corrected chi connectivity index (χ3v) is 7.01. The molecule has 26 heavy (non-hydrogen) atoms. The van der Waals surface area contributed by atoms with Crippen LogP contribution in [0.4, 0.5) is 10.1 Å². The number of sulfonamides is 1. The van der Waals surface area contributed by atoms with Crippen LogP contribution in [0, 0.1) is 11.7 Å². The Morgan fingerprint density at radius 2 is 1.69 bits per heavy atom. The van der Waals surface area contributed by atoms with Crippen molar-refractivity contribution in [3.05, 3.63) is 58.8 Å². The van der Waals surface area contributed by atoms with Gasteiger partial charge in [0.2, 0.25) is 15.9 Å². The second-order valence-corrected chi connectivity index (χ2v) is 8.89. The summed E-state index contributed by atoms with van der Waals surface area (Å²) in [4.78, 5) is 12.5. The van der Waals surface area contributed by atoms with Gasteiger partial charge in [-0.1, -0.05) is 12.1 Å². The SMILES string of the molecule is O=C(Nc1ccccc1Br)C1CCN(S(=O)(=O)c2ccc(F)cc2)CC1. The van der Waals surface area contributed by atoms with Gasteiger partial charge in [0.1, 0.15) is 5.82 Å². The molecule has 1 fully saturated rings. The number of nitrogens with one attached hydrogen (secondary N) is 1. The zero-order chi connectivity index (χ0) is 18.7. The smallest absolute Gasteiger partial charge is 0.243 e. The molecule has 5 nitrogen and oxygen atoms in total. The first kappa shape index (κ1) is 19.0. The number of rotatable bonds is 4. The van der Waals surface area contributed by atoms with Gasteiger partial charge in [0.05, 0.1) is 10.6 Å². The fourth-order valence-corrected chi connectivity index (χ4v) is 4.76. The van der Waals surface area contributed by atoms with Crippen molar-refractivity contribution >= 4 is 37.5 Å². The quantitative estimate of drug-likeness (QED) is 0.788. The molecule has 3 rings (SSSR count). The Hall–Kier alpha value is -1.77. The number of halogens is 2. The molecule has 1 N–H and O–H groups in total. The van der Waals surface area contributed by atoms with E-state index < -0.39 is 15.8 Å². The van der Waals surface area contributed by atoms with Crippen molar-refractivity contribution in [2.75, 3.05) is 18.4 Å². The van der Waals surface area contributed by atoms with E-state index in [2.05, 4.69) is 21.2 Å². The number of amides is 1. The van der Waals surface area contributed by atoms with E-state index in [1.165, 1.54) is 16.4 Å². The summed E-state index contributed by atoms with van der Waals surface area (Å²) in [7, 11) is -3.67. The Bertz CT molecular complexity index is 895. The number of piperidine rings is 1. The van der Waals surface area contributed by atoms with Gasteiger partial charge in [-0.15, -0.1) is 0 Å². The van der Waals surface area contributed by atoms with Crippen LogP contribution in [-0.4, -0.2) is 31.7 Å². The number of hydrogen-bond donors (Lipinski definition) is 1. The maximum Gasteiger partial charge on any atom is 0.243 e. The summed E-state index contributed by atoms with van der Waals surface area (Å²) in [5, 5.41) is 2.88. The van der Waals surface area contributed by atoms with Crippen LogP contribution in [0.15, 0.2) is 57.9 Å². The molecule has 0 atom stereocenters. The molecule has 0 radical (unpaired) electrons. The van der Waals surface area contributed by atoms with E-state index in [4.69, 9.17) is 0 Å². The van der Waals surface area contributed by atoms with Crippen molar-refractivity contribution in [1.29, 1.82) is 0 Å². The van der Waals surface area contributed by atoms with Gasteiger partial charge in [0.25, 0.3) is 0 Å². The summed E-state index contributed by atoms with van der Waals surface area (Å²) in [6.07, 6.45) is 0.882. The number of anilines is 1. The standard InChI is InChI=1S/C18H18BrFN2O3S/c19-16-3-1-2-4-17(16)21-18(23)13-9-11-22(12-10-13)26(24,25)15-7-5-14(20)6-8-15/h1-8,13H,9-12H2,(H,21,23). The van der Waals surface area contributed by atoms with Crippen molar-refractivity contribution in [3.8, 4) is 0 Å². The Kier molecular flexibility index (Phi) is 5.74. The molecule has 0 aliphatic carbocycles. The number of nitrogens with zero attached hydrogens (tertiary/aromatic N) is 1. The van der Waals surface area contributed by atoms with E-state index in [1.54, 1.807) is 6.07 Å². The summed E-state index contributed by atoms with van der Waals surface area (Å²) < 4.78 is 40.4. The Morgan fingerprint density at radius 3 is 2.31 bits per heavy atom. The van der Waals surface area contributed by atoms with Gasteiger partial charge in [-0.25, -0.2) is 12.8 Å². The summed E-state index contributed by atoms with van der Waals surface area (Å²) in [6, 6.07) is 12.1. The van der Waals surface area contributed by atoms with Crippen molar-refractivity contribution < 1.29 is 17.6 Å². The van der Waals surface area contributed by atoms with Gasteiger partial charge < -0.3 is 5.32 Å². The first-order valence-electron chi connectivity index (χ1n) is 8.19. The molecule has 1 amide bonds. The molecule has 138 valence electrons. The molecule has 2 aromatic rings. The van der Waals surface area contributed by atoms with E-state index >= 15 is 0 Å². The average molecular weight is 441 g/mol.